The van der Waals surface area contributed by atoms with E-state index < -0.39 is 17.4 Å². The van der Waals surface area contributed by atoms with Crippen molar-refractivity contribution in [1.29, 1.82) is 0 Å². The molecular weight excluding hydrogens is 232 g/mol. The predicted molar refractivity (Wildman–Crippen MR) is 65.6 cm³/mol. The summed E-state index contributed by atoms with van der Waals surface area (Å²) in [4.78, 5) is 37.0. The van der Waals surface area contributed by atoms with E-state index in [1.165, 1.54) is 4.90 Å². The Hall–Kier alpha value is -1.39. The van der Waals surface area contributed by atoms with E-state index in [4.69, 9.17) is 0 Å². The van der Waals surface area contributed by atoms with Gasteiger partial charge in [0, 0.05) is 6.04 Å². The highest BCUT2D eigenvalue weighted by Crippen LogP contribution is 2.49. The van der Waals surface area contributed by atoms with Gasteiger partial charge in [0.25, 0.3) is 0 Å². The highest BCUT2D eigenvalue weighted by Gasteiger charge is 2.62. The largest absolute Gasteiger partial charge is 0.331 e. The lowest BCUT2D eigenvalue weighted by atomic mass is 9.98. The molecule has 1 atom stereocenters. The average molecular weight is 252 g/mol. The van der Waals surface area contributed by atoms with Gasteiger partial charge in [0.15, 0.2) is 0 Å². The molecular formula is C13H20N2O3. The van der Waals surface area contributed by atoms with E-state index in [1.807, 2.05) is 6.92 Å². The smallest absolute Gasteiger partial charge is 0.277 e. The molecule has 1 N–H and O–H groups in total. The Morgan fingerprint density at radius 1 is 1.17 bits per heavy atom. The van der Waals surface area contributed by atoms with E-state index >= 15 is 0 Å². The summed E-state index contributed by atoms with van der Waals surface area (Å²) >= 11 is 0. The average Bonchev–Trinajstić information content (AvgIpc) is 3.05. The van der Waals surface area contributed by atoms with Gasteiger partial charge in [-0.25, -0.2) is 4.79 Å². The Kier molecular flexibility index (Phi) is 3.17. The second-order valence-corrected chi connectivity index (χ2v) is 5.84. The highest BCUT2D eigenvalue weighted by atomic mass is 16.2. The molecule has 1 spiro atoms. The minimum Gasteiger partial charge on any atom is -0.277 e. The summed E-state index contributed by atoms with van der Waals surface area (Å²) in [7, 11) is 0. The van der Waals surface area contributed by atoms with Crippen molar-refractivity contribution in [3.05, 3.63) is 0 Å². The molecule has 2 fully saturated rings. The van der Waals surface area contributed by atoms with Gasteiger partial charge in [-0.05, 0) is 38.5 Å². The molecule has 1 unspecified atom stereocenters. The number of urea groups is 1. The van der Waals surface area contributed by atoms with Crippen LogP contribution in [0.4, 0.5) is 4.79 Å². The number of amides is 4. The molecule has 0 aromatic rings. The van der Waals surface area contributed by atoms with Crippen LogP contribution in [0.5, 0.6) is 0 Å². The highest BCUT2D eigenvalue weighted by molar-refractivity contribution is 6.21. The number of nitrogens with zero attached hydrogens (tertiary/aromatic N) is 1. The summed E-state index contributed by atoms with van der Waals surface area (Å²) in [6, 6.07) is -0.704. The fraction of sp³-hybridized carbons (Fsp3) is 0.769. The van der Waals surface area contributed by atoms with Gasteiger partial charge in [-0.1, -0.05) is 13.8 Å². The maximum absolute atomic E-state index is 12.3. The third-order valence-electron chi connectivity index (χ3n) is 3.85. The van der Waals surface area contributed by atoms with Gasteiger partial charge < -0.3 is 0 Å². The van der Waals surface area contributed by atoms with Crippen LogP contribution in [0.25, 0.3) is 0 Å². The number of imide groups is 2. The molecule has 1 heterocycles. The van der Waals surface area contributed by atoms with Crippen molar-refractivity contribution < 1.29 is 14.4 Å². The van der Waals surface area contributed by atoms with Gasteiger partial charge in [0.1, 0.15) is 5.41 Å². The predicted octanol–water partition coefficient (Wildman–Crippen LogP) is 1.67. The van der Waals surface area contributed by atoms with Crippen molar-refractivity contribution >= 4 is 17.8 Å². The number of carbonyl (C=O) groups excluding carboxylic acids is 3. The summed E-state index contributed by atoms with van der Waals surface area (Å²) in [5, 5.41) is 2.31. The Labute approximate surface area is 107 Å². The van der Waals surface area contributed by atoms with Gasteiger partial charge >= 0.3 is 6.03 Å². The lowest BCUT2D eigenvalue weighted by molar-refractivity contribution is -0.146. The minimum atomic E-state index is -0.917. The topological polar surface area (TPSA) is 66.5 Å². The monoisotopic (exact) mass is 252 g/mol. The fourth-order valence-corrected chi connectivity index (χ4v) is 2.37. The van der Waals surface area contributed by atoms with Crippen LogP contribution in [0.15, 0.2) is 0 Å². The van der Waals surface area contributed by atoms with Crippen molar-refractivity contribution in [2.45, 2.75) is 52.5 Å². The van der Waals surface area contributed by atoms with Crippen LogP contribution in [-0.2, 0) is 9.59 Å². The van der Waals surface area contributed by atoms with E-state index in [-0.39, 0.29) is 11.9 Å². The summed E-state index contributed by atoms with van der Waals surface area (Å²) in [6.45, 7) is 6.08. The van der Waals surface area contributed by atoms with Crippen molar-refractivity contribution in [2.75, 3.05) is 0 Å². The van der Waals surface area contributed by atoms with Gasteiger partial charge in [0.2, 0.25) is 11.8 Å². The molecule has 2 rings (SSSR count). The summed E-state index contributed by atoms with van der Waals surface area (Å²) in [5.41, 5.74) is -0.917. The van der Waals surface area contributed by atoms with E-state index in [9.17, 15) is 14.4 Å². The summed E-state index contributed by atoms with van der Waals surface area (Å²) in [6.07, 6.45) is 2.87. The maximum Gasteiger partial charge on any atom is 0.331 e. The molecule has 2 aliphatic rings. The van der Waals surface area contributed by atoms with E-state index in [0.717, 1.165) is 12.8 Å². The van der Waals surface area contributed by atoms with Crippen LogP contribution in [0.1, 0.15) is 46.5 Å². The normalized spacial score (nSPS) is 23.6. The number of hydrogen-bond donors (Lipinski definition) is 1. The molecule has 1 aliphatic carbocycles. The van der Waals surface area contributed by atoms with Crippen LogP contribution in [0, 0.1) is 11.3 Å². The van der Waals surface area contributed by atoms with Gasteiger partial charge in [0.05, 0.1) is 0 Å². The van der Waals surface area contributed by atoms with Crippen LogP contribution in [-0.4, -0.2) is 28.8 Å². The zero-order chi connectivity index (χ0) is 13.5. The zero-order valence-corrected chi connectivity index (χ0v) is 11.2. The van der Waals surface area contributed by atoms with Gasteiger partial charge in [-0.2, -0.15) is 0 Å². The minimum absolute atomic E-state index is 0.148. The second kappa shape index (κ2) is 4.37. The first-order valence-electron chi connectivity index (χ1n) is 6.57. The van der Waals surface area contributed by atoms with E-state index in [0.29, 0.717) is 18.8 Å². The molecule has 1 aliphatic heterocycles. The Bertz CT molecular complexity index is 399. The third-order valence-corrected chi connectivity index (χ3v) is 3.85. The molecule has 0 aromatic heterocycles. The molecule has 0 radical (unpaired) electrons. The molecule has 18 heavy (non-hydrogen) atoms. The first-order chi connectivity index (χ1) is 8.38. The number of rotatable bonds is 4. The molecule has 0 aromatic carbocycles. The Morgan fingerprint density at radius 3 is 2.28 bits per heavy atom. The quantitative estimate of drug-likeness (QED) is 0.774. The number of hydrogen-bond acceptors (Lipinski definition) is 3. The van der Waals surface area contributed by atoms with Crippen LogP contribution < -0.4 is 5.32 Å². The molecule has 100 valence electrons. The van der Waals surface area contributed by atoms with Crippen molar-refractivity contribution in [3.63, 3.8) is 0 Å². The van der Waals surface area contributed by atoms with Crippen LogP contribution in [0.2, 0.25) is 0 Å². The molecule has 0 bridgehead atoms. The SMILES string of the molecule is CC(C)CCC(C)N1C(=O)NC(=O)C2(CC2)C1=O. The first kappa shape index (κ1) is 13.1. The summed E-state index contributed by atoms with van der Waals surface area (Å²) in [5.74, 6) is -0.177. The summed E-state index contributed by atoms with van der Waals surface area (Å²) < 4.78 is 0. The Balaban J connectivity index is 2.09. The number of nitrogens with one attached hydrogen (secondary N) is 1. The molecule has 1 saturated carbocycles. The van der Waals surface area contributed by atoms with E-state index in [1.54, 1.807) is 0 Å². The first-order valence-corrected chi connectivity index (χ1v) is 6.57. The lowest BCUT2D eigenvalue weighted by Gasteiger charge is -2.34. The molecule has 5 nitrogen and oxygen atoms in total. The zero-order valence-electron chi connectivity index (χ0n) is 11.2. The van der Waals surface area contributed by atoms with Gasteiger partial charge in [-0.3, -0.25) is 19.8 Å². The fourth-order valence-electron chi connectivity index (χ4n) is 2.37. The number of barbiturate groups is 1. The lowest BCUT2D eigenvalue weighted by Crippen LogP contribution is -2.61. The standard InChI is InChI=1S/C13H20N2O3/c1-8(2)4-5-9(3)15-11(17)13(6-7-13)10(16)14-12(15)18/h8-9H,4-7H2,1-3H3,(H,14,16,18). The third kappa shape index (κ3) is 2.02. The van der Waals surface area contributed by atoms with E-state index in [2.05, 4.69) is 19.2 Å². The molecule has 4 amide bonds. The van der Waals surface area contributed by atoms with Gasteiger partial charge in [-0.15, -0.1) is 0 Å². The molecule has 1 saturated heterocycles. The van der Waals surface area contributed by atoms with Crippen molar-refractivity contribution in [1.82, 2.24) is 10.2 Å². The van der Waals surface area contributed by atoms with Crippen molar-refractivity contribution in [3.8, 4) is 0 Å². The van der Waals surface area contributed by atoms with Crippen LogP contribution >= 0.6 is 0 Å². The Morgan fingerprint density at radius 2 is 1.78 bits per heavy atom. The maximum atomic E-state index is 12.3. The van der Waals surface area contributed by atoms with Crippen LogP contribution in [0.3, 0.4) is 0 Å². The second-order valence-electron chi connectivity index (χ2n) is 5.84. The molecule has 5 heteroatoms. The van der Waals surface area contributed by atoms with Crippen molar-refractivity contribution in [2.24, 2.45) is 11.3 Å². The number of carbonyl (C=O) groups is 3.